The molecule has 0 aliphatic carbocycles. The van der Waals surface area contributed by atoms with Crippen molar-refractivity contribution in [2.24, 2.45) is 5.41 Å². The monoisotopic (exact) mass is 363 g/mol. The maximum absolute atomic E-state index is 11.9. The van der Waals surface area contributed by atoms with E-state index < -0.39 is 0 Å². The Labute approximate surface area is 118 Å². The van der Waals surface area contributed by atoms with Crippen molar-refractivity contribution in [1.82, 2.24) is 5.32 Å². The molecule has 0 saturated carbocycles. The molecule has 0 spiro atoms. The number of hydrogen-bond donors (Lipinski definition) is 2. The fraction of sp³-hybridized carbons (Fsp3) is 0.417. The summed E-state index contributed by atoms with van der Waals surface area (Å²) in [5.74, 6) is -0.145. The standard InChI is InChI=1S/C12H15Br2NO2/c1-12(2,7-16)6-15-11(17)8-3-9(13)5-10(14)4-8/h3-5,16H,6-7H2,1-2H3,(H,15,17). The molecule has 1 rings (SSSR count). The van der Waals surface area contributed by atoms with E-state index in [2.05, 4.69) is 37.2 Å². The third kappa shape index (κ3) is 4.77. The average Bonchev–Trinajstić information content (AvgIpc) is 2.24. The summed E-state index contributed by atoms with van der Waals surface area (Å²) in [4.78, 5) is 11.9. The Hall–Kier alpha value is -0.390. The number of halogens is 2. The van der Waals surface area contributed by atoms with E-state index in [9.17, 15) is 4.79 Å². The van der Waals surface area contributed by atoms with Crippen molar-refractivity contribution in [3.8, 4) is 0 Å². The van der Waals surface area contributed by atoms with Crippen molar-refractivity contribution >= 4 is 37.8 Å². The fourth-order valence-electron chi connectivity index (χ4n) is 1.16. The van der Waals surface area contributed by atoms with E-state index in [0.717, 1.165) is 8.95 Å². The second-order valence-corrected chi connectivity index (χ2v) is 6.49. The van der Waals surface area contributed by atoms with E-state index in [1.165, 1.54) is 0 Å². The van der Waals surface area contributed by atoms with Crippen molar-refractivity contribution < 1.29 is 9.90 Å². The van der Waals surface area contributed by atoms with E-state index in [4.69, 9.17) is 5.11 Å². The van der Waals surface area contributed by atoms with Crippen LogP contribution in [0.25, 0.3) is 0 Å². The van der Waals surface area contributed by atoms with E-state index in [-0.39, 0.29) is 17.9 Å². The minimum Gasteiger partial charge on any atom is -0.396 e. The SMILES string of the molecule is CC(C)(CO)CNC(=O)c1cc(Br)cc(Br)c1. The molecule has 1 aromatic rings. The molecule has 0 bridgehead atoms. The first-order chi connectivity index (χ1) is 7.84. The van der Waals surface area contributed by atoms with Gasteiger partial charge in [0, 0.05) is 33.1 Å². The van der Waals surface area contributed by atoms with Crippen LogP contribution >= 0.6 is 31.9 Å². The summed E-state index contributed by atoms with van der Waals surface area (Å²) in [6.45, 7) is 4.26. The predicted octanol–water partition coefficient (Wildman–Crippen LogP) is 2.96. The molecule has 17 heavy (non-hydrogen) atoms. The summed E-state index contributed by atoms with van der Waals surface area (Å²) in [6.07, 6.45) is 0. The van der Waals surface area contributed by atoms with Gasteiger partial charge in [-0.2, -0.15) is 0 Å². The third-order valence-electron chi connectivity index (χ3n) is 2.28. The second kappa shape index (κ2) is 5.98. The number of aliphatic hydroxyl groups is 1. The van der Waals surface area contributed by atoms with E-state index in [0.29, 0.717) is 12.1 Å². The van der Waals surface area contributed by atoms with Crippen molar-refractivity contribution in [2.45, 2.75) is 13.8 Å². The van der Waals surface area contributed by atoms with Gasteiger partial charge in [0.05, 0.1) is 0 Å². The van der Waals surface area contributed by atoms with Crippen LogP contribution < -0.4 is 5.32 Å². The normalized spacial score (nSPS) is 11.4. The maximum atomic E-state index is 11.9. The van der Waals surface area contributed by atoms with Crippen molar-refractivity contribution in [2.75, 3.05) is 13.2 Å². The lowest BCUT2D eigenvalue weighted by Gasteiger charge is -2.21. The first-order valence-corrected chi connectivity index (χ1v) is 6.78. The summed E-state index contributed by atoms with van der Waals surface area (Å²) < 4.78 is 1.69. The van der Waals surface area contributed by atoms with Crippen LogP contribution in [0.3, 0.4) is 0 Å². The molecule has 0 atom stereocenters. The number of benzene rings is 1. The molecule has 5 heteroatoms. The zero-order valence-electron chi connectivity index (χ0n) is 9.76. The van der Waals surface area contributed by atoms with Crippen LogP contribution in [0.5, 0.6) is 0 Å². The predicted molar refractivity (Wildman–Crippen MR) is 75.0 cm³/mol. The Morgan fingerprint density at radius 3 is 2.29 bits per heavy atom. The third-order valence-corrected chi connectivity index (χ3v) is 3.20. The first kappa shape index (κ1) is 14.7. The fourth-order valence-corrected chi connectivity index (χ4v) is 2.46. The van der Waals surface area contributed by atoms with Gasteiger partial charge >= 0.3 is 0 Å². The van der Waals surface area contributed by atoms with Gasteiger partial charge < -0.3 is 10.4 Å². The molecule has 0 aliphatic heterocycles. The molecule has 0 heterocycles. The summed E-state index contributed by atoms with van der Waals surface area (Å²) >= 11 is 6.67. The topological polar surface area (TPSA) is 49.3 Å². The van der Waals surface area contributed by atoms with Gasteiger partial charge in [-0.1, -0.05) is 45.7 Å². The van der Waals surface area contributed by atoms with Crippen LogP contribution in [-0.4, -0.2) is 24.2 Å². The number of rotatable bonds is 4. The van der Waals surface area contributed by atoms with Gasteiger partial charge in [-0.05, 0) is 18.2 Å². The molecule has 0 radical (unpaired) electrons. The number of amides is 1. The summed E-state index contributed by atoms with van der Waals surface area (Å²) in [7, 11) is 0. The summed E-state index contributed by atoms with van der Waals surface area (Å²) in [6, 6.07) is 5.38. The number of aliphatic hydroxyl groups excluding tert-OH is 1. The minimum atomic E-state index is -0.307. The first-order valence-electron chi connectivity index (χ1n) is 5.19. The van der Waals surface area contributed by atoms with Crippen molar-refractivity contribution in [3.63, 3.8) is 0 Å². The summed E-state index contributed by atoms with van der Waals surface area (Å²) in [5.41, 5.74) is 0.277. The molecule has 0 aromatic heterocycles. The molecule has 1 aromatic carbocycles. The second-order valence-electron chi connectivity index (χ2n) is 4.66. The van der Waals surface area contributed by atoms with Crippen LogP contribution in [0.4, 0.5) is 0 Å². The average molecular weight is 365 g/mol. The molecule has 0 fully saturated rings. The van der Waals surface area contributed by atoms with Gasteiger partial charge in [0.15, 0.2) is 0 Å². The van der Waals surface area contributed by atoms with E-state index in [1.807, 2.05) is 19.9 Å². The summed E-state index contributed by atoms with van der Waals surface area (Å²) in [5, 5.41) is 11.9. The van der Waals surface area contributed by atoms with Crippen molar-refractivity contribution in [1.29, 1.82) is 0 Å². The van der Waals surface area contributed by atoms with Gasteiger partial charge in [-0.15, -0.1) is 0 Å². The van der Waals surface area contributed by atoms with Gasteiger partial charge in [0.25, 0.3) is 5.91 Å². The molecular weight excluding hydrogens is 350 g/mol. The molecule has 0 aliphatic rings. The number of nitrogens with one attached hydrogen (secondary N) is 1. The highest BCUT2D eigenvalue weighted by Crippen LogP contribution is 2.20. The Kier molecular flexibility index (Phi) is 5.16. The lowest BCUT2D eigenvalue weighted by molar-refractivity contribution is 0.0911. The van der Waals surface area contributed by atoms with Crippen LogP contribution in [0.1, 0.15) is 24.2 Å². The lowest BCUT2D eigenvalue weighted by Crippen LogP contribution is -2.36. The van der Waals surface area contributed by atoms with Crippen molar-refractivity contribution in [3.05, 3.63) is 32.7 Å². The quantitative estimate of drug-likeness (QED) is 0.862. The van der Waals surface area contributed by atoms with Crippen LogP contribution in [-0.2, 0) is 0 Å². The molecular formula is C12H15Br2NO2. The molecule has 1 amide bonds. The molecule has 0 unspecified atom stereocenters. The Balaban J connectivity index is 2.70. The van der Waals surface area contributed by atoms with Crippen LogP contribution in [0.15, 0.2) is 27.1 Å². The van der Waals surface area contributed by atoms with Gasteiger partial charge in [-0.3, -0.25) is 4.79 Å². The lowest BCUT2D eigenvalue weighted by atomic mass is 9.95. The number of carbonyl (C=O) groups excluding carboxylic acids is 1. The number of hydrogen-bond acceptors (Lipinski definition) is 2. The largest absolute Gasteiger partial charge is 0.396 e. The van der Waals surface area contributed by atoms with Gasteiger partial charge in [-0.25, -0.2) is 0 Å². The van der Waals surface area contributed by atoms with E-state index in [1.54, 1.807) is 12.1 Å². The highest BCUT2D eigenvalue weighted by molar-refractivity contribution is 9.11. The molecule has 0 saturated heterocycles. The Morgan fingerprint density at radius 1 is 1.29 bits per heavy atom. The minimum absolute atomic E-state index is 0.0372. The molecule has 94 valence electrons. The zero-order valence-corrected chi connectivity index (χ0v) is 12.9. The van der Waals surface area contributed by atoms with Crippen LogP contribution in [0, 0.1) is 5.41 Å². The zero-order chi connectivity index (χ0) is 13.1. The Morgan fingerprint density at radius 2 is 1.82 bits per heavy atom. The molecule has 2 N–H and O–H groups in total. The van der Waals surface area contributed by atoms with Crippen LogP contribution in [0.2, 0.25) is 0 Å². The van der Waals surface area contributed by atoms with Gasteiger partial charge in [0.2, 0.25) is 0 Å². The smallest absolute Gasteiger partial charge is 0.251 e. The maximum Gasteiger partial charge on any atom is 0.251 e. The number of carbonyl (C=O) groups is 1. The Bertz CT molecular complexity index is 399. The highest BCUT2D eigenvalue weighted by atomic mass is 79.9. The highest BCUT2D eigenvalue weighted by Gasteiger charge is 2.18. The van der Waals surface area contributed by atoms with Gasteiger partial charge in [0.1, 0.15) is 0 Å². The molecule has 3 nitrogen and oxygen atoms in total. The van der Waals surface area contributed by atoms with E-state index >= 15 is 0 Å².